The van der Waals surface area contributed by atoms with Crippen molar-refractivity contribution in [1.29, 1.82) is 0 Å². The second-order valence-electron chi connectivity index (χ2n) is 8.86. The number of halogens is 2. The summed E-state index contributed by atoms with van der Waals surface area (Å²) in [5.74, 6) is -1.55. The van der Waals surface area contributed by atoms with E-state index >= 15 is 0 Å². The number of benzene rings is 3. The molecule has 202 valence electrons. The van der Waals surface area contributed by atoms with Gasteiger partial charge >= 0.3 is 0 Å². The molecule has 0 bridgehead atoms. The topological polar surface area (TPSA) is 86.8 Å². The molecule has 2 amide bonds. The Morgan fingerprint density at radius 1 is 0.974 bits per heavy atom. The van der Waals surface area contributed by atoms with Gasteiger partial charge in [0.2, 0.25) is 21.8 Å². The minimum Gasteiger partial charge on any atom is -0.354 e. The van der Waals surface area contributed by atoms with E-state index in [0.717, 1.165) is 20.6 Å². The molecule has 0 heterocycles. The molecule has 0 saturated carbocycles. The van der Waals surface area contributed by atoms with Crippen molar-refractivity contribution in [3.8, 4) is 0 Å². The first-order chi connectivity index (χ1) is 18.1. The van der Waals surface area contributed by atoms with E-state index in [-0.39, 0.29) is 18.5 Å². The lowest BCUT2D eigenvalue weighted by molar-refractivity contribution is -0.140. The largest absolute Gasteiger partial charge is 0.354 e. The first-order valence-electron chi connectivity index (χ1n) is 12.2. The zero-order chi connectivity index (χ0) is 27.7. The standard InChI is InChI=1S/C28H31BrFN3O4S/c1-3-17-31-28(35)26(18-21-9-5-4-6-10-21)32(19-22-11-7-8-12-25(22)30)27(34)20-33(38(2,36)37)24-15-13-23(29)14-16-24/h4-16,26H,3,17-20H2,1-2H3,(H,31,35)/t26-/m1/s1. The molecule has 3 aromatic carbocycles. The summed E-state index contributed by atoms with van der Waals surface area (Å²) < 4.78 is 41.9. The van der Waals surface area contributed by atoms with E-state index in [1.807, 2.05) is 37.3 Å². The van der Waals surface area contributed by atoms with E-state index in [1.165, 1.54) is 11.0 Å². The van der Waals surface area contributed by atoms with Crippen molar-refractivity contribution in [3.63, 3.8) is 0 Å². The molecule has 1 atom stereocenters. The Bertz CT molecular complexity index is 1340. The van der Waals surface area contributed by atoms with Crippen LogP contribution in [0, 0.1) is 5.82 Å². The lowest BCUT2D eigenvalue weighted by atomic mass is 10.0. The molecule has 0 saturated heterocycles. The quantitative estimate of drug-likeness (QED) is 0.330. The van der Waals surface area contributed by atoms with Gasteiger partial charge in [0.15, 0.2) is 0 Å². The van der Waals surface area contributed by atoms with Crippen LogP contribution in [0.3, 0.4) is 0 Å². The minimum atomic E-state index is -3.86. The van der Waals surface area contributed by atoms with Crippen LogP contribution in [0.1, 0.15) is 24.5 Å². The fraction of sp³-hybridized carbons (Fsp3) is 0.286. The summed E-state index contributed by atoms with van der Waals surface area (Å²) in [5.41, 5.74) is 1.32. The van der Waals surface area contributed by atoms with Crippen LogP contribution in [0.2, 0.25) is 0 Å². The molecule has 0 aromatic heterocycles. The SMILES string of the molecule is CCCNC(=O)[C@@H](Cc1ccccc1)N(Cc1ccccc1F)C(=O)CN(c1ccc(Br)cc1)S(C)(=O)=O. The molecule has 0 fully saturated rings. The Kier molecular flexibility index (Phi) is 10.4. The minimum absolute atomic E-state index is 0.174. The number of rotatable bonds is 12. The summed E-state index contributed by atoms with van der Waals surface area (Å²) in [6.07, 6.45) is 1.88. The molecular weight excluding hydrogens is 573 g/mol. The molecule has 38 heavy (non-hydrogen) atoms. The van der Waals surface area contributed by atoms with E-state index in [4.69, 9.17) is 0 Å². The van der Waals surface area contributed by atoms with E-state index in [1.54, 1.807) is 42.5 Å². The molecule has 0 aliphatic carbocycles. The summed E-state index contributed by atoms with van der Waals surface area (Å²) in [4.78, 5) is 28.5. The van der Waals surface area contributed by atoms with Crippen LogP contribution in [0.25, 0.3) is 0 Å². The van der Waals surface area contributed by atoms with Crippen LogP contribution in [-0.2, 0) is 32.6 Å². The maximum absolute atomic E-state index is 14.7. The van der Waals surface area contributed by atoms with Gasteiger partial charge in [-0.2, -0.15) is 0 Å². The number of nitrogens with zero attached hydrogens (tertiary/aromatic N) is 2. The molecule has 0 radical (unpaired) electrons. The molecule has 0 aliphatic rings. The van der Waals surface area contributed by atoms with Crippen LogP contribution in [0.5, 0.6) is 0 Å². The van der Waals surface area contributed by atoms with Gasteiger partial charge in [0.1, 0.15) is 18.4 Å². The molecule has 3 aromatic rings. The summed E-state index contributed by atoms with van der Waals surface area (Å²) in [6.45, 7) is 1.55. The summed E-state index contributed by atoms with van der Waals surface area (Å²) >= 11 is 3.33. The zero-order valence-corrected chi connectivity index (χ0v) is 23.7. The van der Waals surface area contributed by atoms with Gasteiger partial charge in [-0.05, 0) is 42.3 Å². The van der Waals surface area contributed by atoms with Crippen LogP contribution in [0.15, 0.2) is 83.3 Å². The number of anilines is 1. The van der Waals surface area contributed by atoms with E-state index in [0.29, 0.717) is 18.7 Å². The number of amides is 2. The zero-order valence-electron chi connectivity index (χ0n) is 21.3. The van der Waals surface area contributed by atoms with Crippen molar-refractivity contribution < 1.29 is 22.4 Å². The number of carbonyl (C=O) groups excluding carboxylic acids is 2. The van der Waals surface area contributed by atoms with Gasteiger partial charge in [-0.25, -0.2) is 12.8 Å². The van der Waals surface area contributed by atoms with Gasteiger partial charge in [-0.15, -0.1) is 0 Å². The number of carbonyl (C=O) groups is 2. The summed E-state index contributed by atoms with van der Waals surface area (Å²) in [5, 5.41) is 2.85. The fourth-order valence-electron chi connectivity index (χ4n) is 3.95. The van der Waals surface area contributed by atoms with Crippen molar-refractivity contribution in [2.75, 3.05) is 23.7 Å². The molecular formula is C28H31BrFN3O4S. The molecule has 10 heteroatoms. The number of hydrogen-bond donors (Lipinski definition) is 1. The maximum atomic E-state index is 14.7. The third-order valence-electron chi connectivity index (χ3n) is 5.91. The second kappa shape index (κ2) is 13.5. The third kappa shape index (κ3) is 8.13. The van der Waals surface area contributed by atoms with Crippen LogP contribution in [0.4, 0.5) is 10.1 Å². The summed E-state index contributed by atoms with van der Waals surface area (Å²) in [7, 11) is -3.86. The van der Waals surface area contributed by atoms with Crippen LogP contribution >= 0.6 is 15.9 Å². The maximum Gasteiger partial charge on any atom is 0.244 e. The molecule has 0 unspecified atom stereocenters. The highest BCUT2D eigenvalue weighted by Gasteiger charge is 2.33. The first-order valence-corrected chi connectivity index (χ1v) is 14.8. The highest BCUT2D eigenvalue weighted by atomic mass is 79.9. The number of nitrogens with one attached hydrogen (secondary N) is 1. The second-order valence-corrected chi connectivity index (χ2v) is 11.7. The molecule has 3 rings (SSSR count). The van der Waals surface area contributed by atoms with Crippen molar-refractivity contribution >= 4 is 43.5 Å². The van der Waals surface area contributed by atoms with Crippen molar-refractivity contribution in [1.82, 2.24) is 10.2 Å². The molecule has 0 aliphatic heterocycles. The lowest BCUT2D eigenvalue weighted by Crippen LogP contribution is -2.53. The lowest BCUT2D eigenvalue weighted by Gasteiger charge is -2.33. The number of sulfonamides is 1. The average molecular weight is 605 g/mol. The van der Waals surface area contributed by atoms with E-state index in [9.17, 15) is 22.4 Å². The molecule has 0 spiro atoms. The Morgan fingerprint density at radius 2 is 1.61 bits per heavy atom. The Hall–Kier alpha value is -3.24. The van der Waals surface area contributed by atoms with Crippen molar-refractivity contribution in [2.24, 2.45) is 0 Å². The fourth-order valence-corrected chi connectivity index (χ4v) is 5.07. The van der Waals surface area contributed by atoms with Gasteiger partial charge in [-0.3, -0.25) is 13.9 Å². The molecule has 7 nitrogen and oxygen atoms in total. The highest BCUT2D eigenvalue weighted by molar-refractivity contribution is 9.10. The molecule has 1 N–H and O–H groups in total. The summed E-state index contributed by atoms with van der Waals surface area (Å²) in [6, 6.07) is 20.7. The number of hydrogen-bond acceptors (Lipinski definition) is 4. The highest BCUT2D eigenvalue weighted by Crippen LogP contribution is 2.23. The normalized spacial score (nSPS) is 12.0. The van der Waals surface area contributed by atoms with Crippen LogP contribution < -0.4 is 9.62 Å². The predicted octanol–water partition coefficient (Wildman–Crippen LogP) is 4.52. The third-order valence-corrected chi connectivity index (χ3v) is 7.58. The van der Waals surface area contributed by atoms with Gasteiger partial charge < -0.3 is 10.2 Å². The van der Waals surface area contributed by atoms with Crippen LogP contribution in [-0.4, -0.2) is 50.5 Å². The first kappa shape index (κ1) is 29.3. The van der Waals surface area contributed by atoms with Gasteiger partial charge in [0, 0.05) is 29.5 Å². The van der Waals surface area contributed by atoms with E-state index in [2.05, 4.69) is 21.2 Å². The average Bonchev–Trinajstić information content (AvgIpc) is 2.89. The Balaban J connectivity index is 2.04. The van der Waals surface area contributed by atoms with Crippen molar-refractivity contribution in [2.45, 2.75) is 32.4 Å². The predicted molar refractivity (Wildman–Crippen MR) is 151 cm³/mol. The monoisotopic (exact) mass is 603 g/mol. The Labute approximate surface area is 231 Å². The van der Waals surface area contributed by atoms with Gasteiger partial charge in [-0.1, -0.05) is 71.4 Å². The smallest absolute Gasteiger partial charge is 0.244 e. The van der Waals surface area contributed by atoms with Gasteiger partial charge in [0.25, 0.3) is 0 Å². The van der Waals surface area contributed by atoms with Crippen molar-refractivity contribution in [3.05, 3.63) is 100 Å². The van der Waals surface area contributed by atoms with Gasteiger partial charge in [0.05, 0.1) is 11.9 Å². The van der Waals surface area contributed by atoms with E-state index < -0.39 is 40.2 Å². The Morgan fingerprint density at radius 3 is 2.21 bits per heavy atom.